The van der Waals surface area contributed by atoms with Crippen LogP contribution in [0.5, 0.6) is 11.5 Å². The third kappa shape index (κ3) is 3.36. The van der Waals surface area contributed by atoms with Crippen LogP contribution in [0.3, 0.4) is 0 Å². The van der Waals surface area contributed by atoms with Gasteiger partial charge in [0.2, 0.25) is 0 Å². The standard InChI is InChI=1S/C17H19NO/c1-13-4-2-3-5-17(13)19-16-10-6-14(7-11-16)12-18-15-8-9-15/h2-7,10-11,15,18H,8-9,12H2,1H3. The quantitative estimate of drug-likeness (QED) is 0.868. The van der Waals surface area contributed by atoms with Crippen LogP contribution >= 0.6 is 0 Å². The van der Waals surface area contributed by atoms with Crippen LogP contribution in [-0.4, -0.2) is 6.04 Å². The molecular formula is C17H19NO. The third-order valence-corrected chi connectivity index (χ3v) is 3.42. The zero-order valence-electron chi connectivity index (χ0n) is 11.2. The lowest BCUT2D eigenvalue weighted by Gasteiger charge is -2.09. The first-order valence-electron chi connectivity index (χ1n) is 6.87. The number of nitrogens with one attached hydrogen (secondary N) is 1. The summed E-state index contributed by atoms with van der Waals surface area (Å²) in [5.41, 5.74) is 2.46. The summed E-state index contributed by atoms with van der Waals surface area (Å²) < 4.78 is 5.88. The molecule has 1 saturated carbocycles. The highest BCUT2D eigenvalue weighted by molar-refractivity contribution is 5.37. The van der Waals surface area contributed by atoms with Gasteiger partial charge in [-0.3, -0.25) is 0 Å². The van der Waals surface area contributed by atoms with E-state index in [1.54, 1.807) is 0 Å². The molecule has 98 valence electrons. The topological polar surface area (TPSA) is 21.3 Å². The monoisotopic (exact) mass is 253 g/mol. The number of rotatable bonds is 5. The van der Waals surface area contributed by atoms with E-state index in [0.717, 1.165) is 29.6 Å². The van der Waals surface area contributed by atoms with Crippen LogP contribution < -0.4 is 10.1 Å². The Balaban J connectivity index is 1.63. The van der Waals surface area contributed by atoms with E-state index < -0.39 is 0 Å². The van der Waals surface area contributed by atoms with Crippen LogP contribution in [0.2, 0.25) is 0 Å². The van der Waals surface area contributed by atoms with Gasteiger partial charge >= 0.3 is 0 Å². The molecule has 1 fully saturated rings. The summed E-state index contributed by atoms with van der Waals surface area (Å²) in [6, 6.07) is 17.2. The highest BCUT2D eigenvalue weighted by Gasteiger charge is 2.19. The van der Waals surface area contributed by atoms with Crippen molar-refractivity contribution in [1.82, 2.24) is 5.32 Å². The molecule has 0 saturated heterocycles. The summed E-state index contributed by atoms with van der Waals surface area (Å²) >= 11 is 0. The lowest BCUT2D eigenvalue weighted by atomic mass is 10.2. The first-order valence-corrected chi connectivity index (χ1v) is 6.87. The lowest BCUT2D eigenvalue weighted by molar-refractivity contribution is 0.478. The van der Waals surface area contributed by atoms with E-state index in [1.807, 2.05) is 30.3 Å². The Hall–Kier alpha value is -1.80. The van der Waals surface area contributed by atoms with Crippen molar-refractivity contribution >= 4 is 0 Å². The summed E-state index contributed by atoms with van der Waals surface area (Å²) in [6.07, 6.45) is 2.66. The number of hydrogen-bond acceptors (Lipinski definition) is 2. The molecule has 19 heavy (non-hydrogen) atoms. The van der Waals surface area contributed by atoms with E-state index in [-0.39, 0.29) is 0 Å². The Bertz CT molecular complexity index is 543. The van der Waals surface area contributed by atoms with Crippen LogP contribution in [0.25, 0.3) is 0 Å². The van der Waals surface area contributed by atoms with Crippen molar-refractivity contribution in [2.45, 2.75) is 32.4 Å². The van der Waals surface area contributed by atoms with Crippen molar-refractivity contribution in [2.75, 3.05) is 0 Å². The third-order valence-electron chi connectivity index (χ3n) is 3.42. The Morgan fingerprint density at radius 3 is 2.47 bits per heavy atom. The molecular weight excluding hydrogens is 234 g/mol. The molecule has 0 unspecified atom stereocenters. The maximum atomic E-state index is 5.88. The predicted octanol–water partition coefficient (Wildman–Crippen LogP) is 4.04. The first kappa shape index (κ1) is 12.2. The van der Waals surface area contributed by atoms with Crippen LogP contribution in [-0.2, 0) is 6.54 Å². The second-order valence-corrected chi connectivity index (χ2v) is 5.17. The Morgan fingerprint density at radius 1 is 1.05 bits per heavy atom. The molecule has 0 bridgehead atoms. The highest BCUT2D eigenvalue weighted by Crippen LogP contribution is 2.25. The van der Waals surface area contributed by atoms with Gasteiger partial charge in [0.25, 0.3) is 0 Å². The lowest BCUT2D eigenvalue weighted by Crippen LogP contribution is -2.14. The average molecular weight is 253 g/mol. The Kier molecular flexibility index (Phi) is 3.51. The van der Waals surface area contributed by atoms with Crippen molar-refractivity contribution in [3.63, 3.8) is 0 Å². The summed E-state index contributed by atoms with van der Waals surface area (Å²) in [5.74, 6) is 1.82. The van der Waals surface area contributed by atoms with Gasteiger partial charge in [0.05, 0.1) is 0 Å². The SMILES string of the molecule is Cc1ccccc1Oc1ccc(CNC2CC2)cc1. The van der Waals surface area contributed by atoms with E-state index in [1.165, 1.54) is 18.4 Å². The van der Waals surface area contributed by atoms with Gasteiger partial charge in [-0.05, 0) is 49.1 Å². The van der Waals surface area contributed by atoms with Crippen molar-refractivity contribution in [3.05, 3.63) is 59.7 Å². The Morgan fingerprint density at radius 2 is 1.79 bits per heavy atom. The van der Waals surface area contributed by atoms with Gasteiger partial charge in [-0.15, -0.1) is 0 Å². The van der Waals surface area contributed by atoms with Crippen molar-refractivity contribution in [2.24, 2.45) is 0 Å². The second-order valence-electron chi connectivity index (χ2n) is 5.17. The fourth-order valence-corrected chi connectivity index (χ4v) is 2.02. The molecule has 2 nitrogen and oxygen atoms in total. The summed E-state index contributed by atoms with van der Waals surface area (Å²) in [6.45, 7) is 3.01. The molecule has 0 amide bonds. The molecule has 2 heteroatoms. The summed E-state index contributed by atoms with van der Waals surface area (Å²) in [5, 5.41) is 3.51. The van der Waals surface area contributed by atoms with Gasteiger partial charge in [-0.25, -0.2) is 0 Å². The van der Waals surface area contributed by atoms with Gasteiger partial charge in [0.15, 0.2) is 0 Å². The number of benzene rings is 2. The predicted molar refractivity (Wildman–Crippen MR) is 77.6 cm³/mol. The van der Waals surface area contributed by atoms with Gasteiger partial charge in [0, 0.05) is 12.6 Å². The smallest absolute Gasteiger partial charge is 0.130 e. The molecule has 0 spiro atoms. The van der Waals surface area contributed by atoms with Gasteiger partial charge in [0.1, 0.15) is 11.5 Å². The minimum atomic E-state index is 0.753. The molecule has 1 aliphatic rings. The second kappa shape index (κ2) is 5.45. The van der Waals surface area contributed by atoms with E-state index in [2.05, 4.69) is 30.4 Å². The minimum absolute atomic E-state index is 0.753. The largest absolute Gasteiger partial charge is 0.457 e. The summed E-state index contributed by atoms with van der Waals surface area (Å²) in [4.78, 5) is 0. The molecule has 1 aliphatic carbocycles. The van der Waals surface area contributed by atoms with Gasteiger partial charge in [-0.2, -0.15) is 0 Å². The number of para-hydroxylation sites is 1. The molecule has 3 rings (SSSR count). The van der Waals surface area contributed by atoms with Gasteiger partial charge in [-0.1, -0.05) is 30.3 Å². The fourth-order valence-electron chi connectivity index (χ4n) is 2.02. The van der Waals surface area contributed by atoms with Crippen LogP contribution in [0.4, 0.5) is 0 Å². The minimum Gasteiger partial charge on any atom is -0.457 e. The summed E-state index contributed by atoms with van der Waals surface area (Å²) in [7, 11) is 0. The van der Waals surface area contributed by atoms with Crippen LogP contribution in [0.15, 0.2) is 48.5 Å². The van der Waals surface area contributed by atoms with Gasteiger partial charge < -0.3 is 10.1 Å². The molecule has 0 heterocycles. The molecule has 0 radical (unpaired) electrons. The van der Waals surface area contributed by atoms with Crippen LogP contribution in [0.1, 0.15) is 24.0 Å². The van der Waals surface area contributed by atoms with Crippen LogP contribution in [0, 0.1) is 6.92 Å². The molecule has 2 aromatic carbocycles. The normalized spacial score (nSPS) is 14.4. The maximum absolute atomic E-state index is 5.88. The highest BCUT2D eigenvalue weighted by atomic mass is 16.5. The molecule has 0 aliphatic heterocycles. The molecule has 2 aromatic rings. The van der Waals surface area contributed by atoms with E-state index >= 15 is 0 Å². The van der Waals surface area contributed by atoms with Crippen molar-refractivity contribution < 1.29 is 4.74 Å². The number of hydrogen-bond donors (Lipinski definition) is 1. The van der Waals surface area contributed by atoms with E-state index in [0.29, 0.717) is 0 Å². The average Bonchev–Trinajstić information content (AvgIpc) is 3.25. The zero-order valence-corrected chi connectivity index (χ0v) is 11.2. The van der Waals surface area contributed by atoms with E-state index in [9.17, 15) is 0 Å². The van der Waals surface area contributed by atoms with Crippen molar-refractivity contribution in [1.29, 1.82) is 0 Å². The number of ether oxygens (including phenoxy) is 1. The molecule has 0 atom stereocenters. The van der Waals surface area contributed by atoms with E-state index in [4.69, 9.17) is 4.74 Å². The maximum Gasteiger partial charge on any atom is 0.130 e. The fraction of sp³-hybridized carbons (Fsp3) is 0.294. The molecule has 1 N–H and O–H groups in total. The Labute approximate surface area is 114 Å². The first-order chi connectivity index (χ1) is 9.31. The number of aryl methyl sites for hydroxylation is 1. The zero-order chi connectivity index (χ0) is 13.1. The van der Waals surface area contributed by atoms with Crippen molar-refractivity contribution in [3.8, 4) is 11.5 Å². The molecule has 0 aromatic heterocycles.